The molecule has 0 saturated heterocycles. The molecular weight excluding hydrogens is 236 g/mol. The Morgan fingerprint density at radius 1 is 1.35 bits per heavy atom. The lowest BCUT2D eigenvalue weighted by molar-refractivity contribution is 0.473. The molecule has 0 amide bonds. The number of halogens is 1. The zero-order chi connectivity index (χ0) is 12.3. The molecule has 0 bridgehead atoms. The second-order valence-corrected chi connectivity index (χ2v) is 4.36. The molecule has 17 heavy (non-hydrogen) atoms. The highest BCUT2D eigenvalue weighted by atomic mass is 35.5. The number of hydrogen-bond donors (Lipinski definition) is 0. The van der Waals surface area contributed by atoms with Crippen molar-refractivity contribution in [3.63, 3.8) is 0 Å². The third-order valence-electron chi connectivity index (χ3n) is 2.45. The lowest BCUT2D eigenvalue weighted by atomic mass is 10.2. The molecule has 1 aromatic carbocycles. The molecule has 0 radical (unpaired) electrons. The van der Waals surface area contributed by atoms with Gasteiger partial charge in [0.25, 0.3) is 0 Å². The van der Waals surface area contributed by atoms with Crippen molar-refractivity contribution < 1.29 is 4.74 Å². The Morgan fingerprint density at radius 2 is 2.12 bits per heavy atom. The molecule has 0 aliphatic carbocycles. The van der Waals surface area contributed by atoms with Crippen molar-refractivity contribution in [2.24, 2.45) is 0 Å². The van der Waals surface area contributed by atoms with Crippen LogP contribution in [-0.4, -0.2) is 9.78 Å². The number of benzene rings is 1. The predicted molar refractivity (Wildman–Crippen MR) is 68.7 cm³/mol. The number of ether oxygens (including phenoxy) is 1. The van der Waals surface area contributed by atoms with E-state index in [2.05, 4.69) is 18.9 Å². The maximum atomic E-state index is 5.85. The normalized spacial score (nSPS) is 10.8. The Balaban J connectivity index is 2.19. The van der Waals surface area contributed by atoms with Crippen LogP contribution in [0.3, 0.4) is 0 Å². The minimum atomic E-state index is 0.329. The third kappa shape index (κ3) is 2.80. The summed E-state index contributed by atoms with van der Waals surface area (Å²) in [6, 6.07) is 8.07. The van der Waals surface area contributed by atoms with Crippen molar-refractivity contribution in [2.75, 3.05) is 0 Å². The largest absolute Gasteiger partial charge is 0.454 e. The van der Waals surface area contributed by atoms with Gasteiger partial charge in [0.2, 0.25) is 0 Å². The quantitative estimate of drug-likeness (QED) is 0.767. The molecule has 1 heterocycles. The van der Waals surface area contributed by atoms with E-state index in [1.54, 1.807) is 6.20 Å². The molecule has 0 saturated carbocycles. The number of nitrogens with zero attached hydrogens (tertiary/aromatic N) is 2. The van der Waals surface area contributed by atoms with E-state index in [-0.39, 0.29) is 0 Å². The van der Waals surface area contributed by atoms with Gasteiger partial charge in [-0.05, 0) is 19.9 Å². The average molecular weight is 251 g/mol. The van der Waals surface area contributed by atoms with E-state index < -0.39 is 0 Å². The van der Waals surface area contributed by atoms with Gasteiger partial charge in [0.05, 0.1) is 18.3 Å². The van der Waals surface area contributed by atoms with E-state index in [4.69, 9.17) is 16.3 Å². The van der Waals surface area contributed by atoms with Crippen molar-refractivity contribution in [2.45, 2.75) is 25.8 Å². The summed E-state index contributed by atoms with van der Waals surface area (Å²) in [6.45, 7) is 4.15. The molecule has 0 fully saturated rings. The Labute approximate surface area is 106 Å². The number of aromatic nitrogens is 2. The Bertz CT molecular complexity index is 494. The van der Waals surface area contributed by atoms with Crippen molar-refractivity contribution in [1.29, 1.82) is 0 Å². The molecule has 0 aliphatic heterocycles. The molecule has 3 nitrogen and oxygen atoms in total. The number of hydrogen-bond acceptors (Lipinski definition) is 2. The highest BCUT2D eigenvalue weighted by Crippen LogP contribution is 2.26. The fraction of sp³-hybridized carbons (Fsp3) is 0.308. The summed E-state index contributed by atoms with van der Waals surface area (Å²) in [4.78, 5) is 0. The van der Waals surface area contributed by atoms with Gasteiger partial charge in [0.1, 0.15) is 5.75 Å². The zero-order valence-corrected chi connectivity index (χ0v) is 10.7. The van der Waals surface area contributed by atoms with E-state index in [1.807, 2.05) is 35.1 Å². The van der Waals surface area contributed by atoms with Gasteiger partial charge in [-0.15, -0.1) is 11.6 Å². The maximum Gasteiger partial charge on any atom is 0.165 e. The van der Waals surface area contributed by atoms with Crippen LogP contribution in [0.25, 0.3) is 0 Å². The third-order valence-corrected chi connectivity index (χ3v) is 2.74. The predicted octanol–water partition coefficient (Wildman–Crippen LogP) is 4.00. The van der Waals surface area contributed by atoms with Gasteiger partial charge < -0.3 is 4.74 Å². The highest BCUT2D eigenvalue weighted by Gasteiger charge is 2.06. The average Bonchev–Trinajstić information content (AvgIpc) is 2.78. The fourth-order valence-electron chi connectivity index (χ4n) is 1.50. The smallest absolute Gasteiger partial charge is 0.165 e. The second kappa shape index (κ2) is 5.23. The maximum absolute atomic E-state index is 5.85. The van der Waals surface area contributed by atoms with Gasteiger partial charge >= 0.3 is 0 Å². The molecule has 90 valence electrons. The summed E-state index contributed by atoms with van der Waals surface area (Å²) < 4.78 is 7.62. The molecule has 0 N–H and O–H groups in total. The first-order valence-electron chi connectivity index (χ1n) is 5.56. The zero-order valence-electron chi connectivity index (χ0n) is 9.93. The van der Waals surface area contributed by atoms with E-state index in [9.17, 15) is 0 Å². The standard InChI is InChI=1S/C13H15ClN2O/c1-10(2)16-9-12(8-15-16)17-13-6-4-3-5-11(13)7-14/h3-6,8-10H,7H2,1-2H3. The van der Waals surface area contributed by atoms with Gasteiger partial charge in [-0.25, -0.2) is 0 Å². The van der Waals surface area contributed by atoms with Crippen LogP contribution in [0.4, 0.5) is 0 Å². The Kier molecular flexibility index (Phi) is 3.69. The van der Waals surface area contributed by atoms with Gasteiger partial charge in [0, 0.05) is 11.6 Å². The number of para-hydroxylation sites is 1. The molecular formula is C13H15ClN2O. The van der Waals surface area contributed by atoms with Crippen LogP contribution in [0.1, 0.15) is 25.5 Å². The van der Waals surface area contributed by atoms with Crippen LogP contribution < -0.4 is 4.74 Å². The topological polar surface area (TPSA) is 27.1 Å². The van der Waals surface area contributed by atoms with Gasteiger partial charge in [0.15, 0.2) is 5.75 Å². The second-order valence-electron chi connectivity index (χ2n) is 4.09. The molecule has 2 aromatic rings. The molecule has 0 unspecified atom stereocenters. The van der Waals surface area contributed by atoms with Crippen LogP contribution in [0.15, 0.2) is 36.7 Å². The van der Waals surface area contributed by atoms with Crippen molar-refractivity contribution in [1.82, 2.24) is 9.78 Å². The molecule has 2 rings (SSSR count). The first-order chi connectivity index (χ1) is 8.20. The number of alkyl halides is 1. The highest BCUT2D eigenvalue weighted by molar-refractivity contribution is 6.17. The van der Waals surface area contributed by atoms with Crippen molar-refractivity contribution in [3.8, 4) is 11.5 Å². The molecule has 1 aromatic heterocycles. The van der Waals surface area contributed by atoms with Crippen LogP contribution >= 0.6 is 11.6 Å². The summed E-state index contributed by atoms with van der Waals surface area (Å²) >= 11 is 5.85. The minimum Gasteiger partial charge on any atom is -0.454 e. The van der Waals surface area contributed by atoms with Crippen LogP contribution in [-0.2, 0) is 5.88 Å². The summed E-state index contributed by atoms with van der Waals surface area (Å²) in [6.07, 6.45) is 3.60. The van der Waals surface area contributed by atoms with Gasteiger partial charge in [-0.1, -0.05) is 18.2 Å². The summed E-state index contributed by atoms with van der Waals surface area (Å²) in [5, 5.41) is 4.23. The lowest BCUT2D eigenvalue weighted by Crippen LogP contribution is -1.99. The van der Waals surface area contributed by atoms with E-state index in [1.165, 1.54) is 0 Å². The summed E-state index contributed by atoms with van der Waals surface area (Å²) in [7, 11) is 0. The summed E-state index contributed by atoms with van der Waals surface area (Å²) in [5.41, 5.74) is 0.978. The molecule has 0 aliphatic rings. The van der Waals surface area contributed by atoms with Crippen LogP contribution in [0.2, 0.25) is 0 Å². The van der Waals surface area contributed by atoms with Crippen LogP contribution in [0, 0.1) is 0 Å². The Morgan fingerprint density at radius 3 is 2.76 bits per heavy atom. The van der Waals surface area contributed by atoms with Gasteiger partial charge in [-0.3, -0.25) is 4.68 Å². The molecule has 0 spiro atoms. The Hall–Kier alpha value is -1.48. The number of rotatable bonds is 4. The molecule has 0 atom stereocenters. The molecule has 4 heteroatoms. The fourth-order valence-corrected chi connectivity index (χ4v) is 1.72. The van der Waals surface area contributed by atoms with Crippen molar-refractivity contribution in [3.05, 3.63) is 42.2 Å². The summed E-state index contributed by atoms with van der Waals surface area (Å²) in [5.74, 6) is 1.95. The monoisotopic (exact) mass is 250 g/mol. The van der Waals surface area contributed by atoms with Crippen LogP contribution in [0.5, 0.6) is 11.5 Å². The first-order valence-corrected chi connectivity index (χ1v) is 6.10. The van der Waals surface area contributed by atoms with E-state index >= 15 is 0 Å². The van der Waals surface area contributed by atoms with Crippen molar-refractivity contribution >= 4 is 11.6 Å². The lowest BCUT2D eigenvalue weighted by Gasteiger charge is -2.07. The SMILES string of the molecule is CC(C)n1cc(Oc2ccccc2CCl)cn1. The van der Waals surface area contributed by atoms with E-state index in [0.29, 0.717) is 11.9 Å². The first kappa shape index (κ1) is 12.0. The van der Waals surface area contributed by atoms with E-state index in [0.717, 1.165) is 17.1 Å². The minimum absolute atomic E-state index is 0.329. The van der Waals surface area contributed by atoms with Gasteiger partial charge in [-0.2, -0.15) is 5.10 Å².